The van der Waals surface area contributed by atoms with Crippen molar-refractivity contribution in [1.29, 1.82) is 0 Å². The van der Waals surface area contributed by atoms with Crippen LogP contribution in [-0.2, 0) is 23.1 Å². The van der Waals surface area contributed by atoms with E-state index in [0.29, 0.717) is 0 Å². The molecule has 0 amide bonds. The van der Waals surface area contributed by atoms with Crippen LogP contribution in [0.1, 0.15) is 16.7 Å². The van der Waals surface area contributed by atoms with E-state index in [1.54, 1.807) is 24.3 Å². The molecular weight excluding hydrogens is 368 g/mol. The van der Waals surface area contributed by atoms with Crippen LogP contribution in [0.15, 0.2) is 77.7 Å². The fourth-order valence-corrected chi connectivity index (χ4v) is 4.09. The maximum atomic E-state index is 12.6. The summed E-state index contributed by atoms with van der Waals surface area (Å²) in [7, 11) is 0.540. The monoisotopic (exact) mass is 394 g/mol. The zero-order valence-electron chi connectivity index (χ0n) is 16.5. The van der Waals surface area contributed by atoms with Crippen molar-refractivity contribution in [3.05, 3.63) is 89.5 Å². The highest BCUT2D eigenvalue weighted by Gasteiger charge is 2.14. The molecule has 0 unspecified atom stereocenters. The van der Waals surface area contributed by atoms with Crippen molar-refractivity contribution in [3.63, 3.8) is 0 Å². The van der Waals surface area contributed by atoms with Gasteiger partial charge in [-0.1, -0.05) is 66.2 Å². The van der Waals surface area contributed by atoms with Crippen LogP contribution in [-0.4, -0.2) is 27.4 Å². The predicted octanol–water partition coefficient (Wildman–Crippen LogP) is 4.20. The number of rotatable bonds is 7. The molecule has 0 aliphatic rings. The van der Waals surface area contributed by atoms with Crippen LogP contribution in [0, 0.1) is 6.92 Å². The zero-order valence-corrected chi connectivity index (χ0v) is 17.3. The van der Waals surface area contributed by atoms with Crippen molar-refractivity contribution in [1.82, 2.24) is 9.62 Å². The van der Waals surface area contributed by atoms with Gasteiger partial charge < -0.3 is 4.90 Å². The third-order valence-electron chi connectivity index (χ3n) is 4.57. The summed E-state index contributed by atoms with van der Waals surface area (Å²) in [5.41, 5.74) is 5.32. The first-order valence-electron chi connectivity index (χ1n) is 9.23. The lowest BCUT2D eigenvalue weighted by molar-refractivity contribution is 0.402. The van der Waals surface area contributed by atoms with Gasteiger partial charge in [-0.2, -0.15) is 0 Å². The molecule has 0 saturated carbocycles. The summed E-state index contributed by atoms with van der Waals surface area (Å²) in [6.45, 7) is 3.06. The van der Waals surface area contributed by atoms with Gasteiger partial charge in [0.2, 0.25) is 10.0 Å². The van der Waals surface area contributed by atoms with Gasteiger partial charge in [-0.15, -0.1) is 0 Å². The first-order valence-corrected chi connectivity index (χ1v) is 10.7. The topological polar surface area (TPSA) is 49.4 Å². The van der Waals surface area contributed by atoms with Gasteiger partial charge in [0.25, 0.3) is 0 Å². The SMILES string of the molecule is Cc1ccc(S(=O)(=O)NCc2ccccc2-c2ccc(CN(C)C)cc2)cc1. The van der Waals surface area contributed by atoms with Gasteiger partial charge in [-0.25, -0.2) is 13.1 Å². The highest BCUT2D eigenvalue weighted by atomic mass is 32.2. The lowest BCUT2D eigenvalue weighted by atomic mass is 9.99. The molecule has 4 nitrogen and oxygen atoms in total. The molecule has 3 rings (SSSR count). The Kier molecular flexibility index (Phi) is 6.29. The minimum atomic E-state index is -3.55. The zero-order chi connectivity index (χ0) is 20.1. The Labute approximate surface area is 167 Å². The summed E-state index contributed by atoms with van der Waals surface area (Å²) in [4.78, 5) is 2.41. The Morgan fingerprint density at radius 2 is 1.50 bits per heavy atom. The van der Waals surface area contributed by atoms with E-state index < -0.39 is 10.0 Å². The number of aryl methyl sites for hydroxylation is 1. The van der Waals surface area contributed by atoms with Crippen molar-refractivity contribution in [2.24, 2.45) is 0 Å². The maximum absolute atomic E-state index is 12.6. The van der Waals surface area contributed by atoms with E-state index in [-0.39, 0.29) is 11.4 Å². The van der Waals surface area contributed by atoms with Crippen molar-refractivity contribution in [2.45, 2.75) is 24.9 Å². The van der Waals surface area contributed by atoms with E-state index in [1.807, 2.05) is 45.3 Å². The molecule has 0 radical (unpaired) electrons. The van der Waals surface area contributed by atoms with E-state index in [4.69, 9.17) is 0 Å². The molecule has 0 spiro atoms. The number of hydrogen-bond donors (Lipinski definition) is 1. The second kappa shape index (κ2) is 8.69. The Balaban J connectivity index is 1.80. The first kappa shape index (κ1) is 20.3. The van der Waals surface area contributed by atoms with Crippen molar-refractivity contribution in [2.75, 3.05) is 14.1 Å². The van der Waals surface area contributed by atoms with Crippen LogP contribution in [0.25, 0.3) is 11.1 Å². The third-order valence-corrected chi connectivity index (χ3v) is 5.98. The fourth-order valence-electron chi connectivity index (χ4n) is 3.08. The largest absolute Gasteiger partial charge is 0.305 e. The molecule has 146 valence electrons. The summed E-state index contributed by atoms with van der Waals surface area (Å²) in [6, 6.07) is 23.2. The highest BCUT2D eigenvalue weighted by Crippen LogP contribution is 2.25. The highest BCUT2D eigenvalue weighted by molar-refractivity contribution is 7.89. The van der Waals surface area contributed by atoms with Crippen molar-refractivity contribution >= 4 is 10.0 Å². The van der Waals surface area contributed by atoms with E-state index in [0.717, 1.165) is 28.8 Å². The van der Waals surface area contributed by atoms with Crippen molar-refractivity contribution in [3.8, 4) is 11.1 Å². The van der Waals surface area contributed by atoms with E-state index in [9.17, 15) is 8.42 Å². The molecule has 0 atom stereocenters. The molecule has 0 aliphatic heterocycles. The molecule has 28 heavy (non-hydrogen) atoms. The Morgan fingerprint density at radius 3 is 2.14 bits per heavy atom. The Bertz CT molecular complexity index is 1020. The molecule has 0 saturated heterocycles. The first-order chi connectivity index (χ1) is 13.3. The van der Waals surface area contributed by atoms with Gasteiger partial charge in [0.15, 0.2) is 0 Å². The van der Waals surface area contributed by atoms with E-state index in [2.05, 4.69) is 33.9 Å². The van der Waals surface area contributed by atoms with Crippen molar-refractivity contribution < 1.29 is 8.42 Å². The lowest BCUT2D eigenvalue weighted by Crippen LogP contribution is -2.23. The lowest BCUT2D eigenvalue weighted by Gasteiger charge is -2.13. The fraction of sp³-hybridized carbons (Fsp3) is 0.217. The standard InChI is InChI=1S/C23H26N2O2S/c1-18-8-14-22(15-9-18)28(26,27)24-16-21-6-4-5-7-23(21)20-12-10-19(11-13-20)17-25(2)3/h4-15,24H,16-17H2,1-3H3. The molecule has 0 fully saturated rings. The smallest absolute Gasteiger partial charge is 0.240 e. The average Bonchev–Trinajstić information content (AvgIpc) is 2.67. The second-order valence-corrected chi connectivity index (χ2v) is 9.00. The van der Waals surface area contributed by atoms with Crippen LogP contribution >= 0.6 is 0 Å². The number of benzene rings is 3. The van der Waals surface area contributed by atoms with Gasteiger partial charge >= 0.3 is 0 Å². The summed E-state index contributed by atoms with van der Waals surface area (Å²) in [5.74, 6) is 0. The quantitative estimate of drug-likeness (QED) is 0.653. The third kappa shape index (κ3) is 5.07. The van der Waals surface area contributed by atoms with E-state index in [1.165, 1.54) is 5.56 Å². The van der Waals surface area contributed by atoms with Crippen LogP contribution in [0.2, 0.25) is 0 Å². The number of nitrogens with one attached hydrogen (secondary N) is 1. The molecule has 5 heteroatoms. The molecule has 0 heterocycles. The number of sulfonamides is 1. The van der Waals surface area contributed by atoms with Gasteiger partial charge in [-0.05, 0) is 55.4 Å². The summed E-state index contributed by atoms with van der Waals surface area (Å²) in [5, 5.41) is 0. The number of nitrogens with zero attached hydrogens (tertiary/aromatic N) is 1. The molecular formula is C23H26N2O2S. The summed E-state index contributed by atoms with van der Waals surface area (Å²) < 4.78 is 27.9. The molecule has 3 aromatic rings. The normalized spacial score (nSPS) is 11.7. The van der Waals surface area contributed by atoms with Gasteiger partial charge in [0.1, 0.15) is 0 Å². The van der Waals surface area contributed by atoms with Gasteiger partial charge in [-0.3, -0.25) is 0 Å². The molecule has 1 N–H and O–H groups in total. The Morgan fingerprint density at radius 1 is 0.857 bits per heavy atom. The molecule has 0 bridgehead atoms. The minimum absolute atomic E-state index is 0.242. The number of hydrogen-bond acceptors (Lipinski definition) is 3. The van der Waals surface area contributed by atoms with Crippen LogP contribution in [0.5, 0.6) is 0 Å². The van der Waals surface area contributed by atoms with Crippen LogP contribution in [0.4, 0.5) is 0 Å². The van der Waals surface area contributed by atoms with Gasteiger partial charge in [0, 0.05) is 13.1 Å². The Hall–Kier alpha value is -2.47. The van der Waals surface area contributed by atoms with E-state index >= 15 is 0 Å². The summed E-state index contributed by atoms with van der Waals surface area (Å²) in [6.07, 6.45) is 0. The maximum Gasteiger partial charge on any atom is 0.240 e. The average molecular weight is 395 g/mol. The predicted molar refractivity (Wildman–Crippen MR) is 114 cm³/mol. The molecule has 3 aromatic carbocycles. The summed E-state index contributed by atoms with van der Waals surface area (Å²) >= 11 is 0. The van der Waals surface area contributed by atoms with Crippen LogP contribution < -0.4 is 4.72 Å². The minimum Gasteiger partial charge on any atom is -0.305 e. The second-order valence-electron chi connectivity index (χ2n) is 7.23. The van der Waals surface area contributed by atoms with Gasteiger partial charge in [0.05, 0.1) is 4.90 Å². The molecule has 0 aromatic heterocycles. The molecule has 0 aliphatic carbocycles. The van der Waals surface area contributed by atoms with Crippen LogP contribution in [0.3, 0.4) is 0 Å².